The predicted octanol–water partition coefficient (Wildman–Crippen LogP) is 5.26. The van der Waals surface area contributed by atoms with Crippen LogP contribution < -0.4 is 21.9 Å². The molecule has 13 heteroatoms. The summed E-state index contributed by atoms with van der Waals surface area (Å²) in [6.07, 6.45) is 2.60. The zero-order valence-corrected chi connectivity index (χ0v) is 25.4. The first-order valence-corrected chi connectivity index (χ1v) is 13.6. The molecule has 0 radical (unpaired) electrons. The number of aromatic carboxylic acids is 2. The summed E-state index contributed by atoms with van der Waals surface area (Å²) in [7, 11) is 3.08. The third kappa shape index (κ3) is 7.96. The lowest BCUT2D eigenvalue weighted by Gasteiger charge is -2.15. The quantitative estimate of drug-likeness (QED) is 0.218. The van der Waals surface area contributed by atoms with E-state index in [4.69, 9.17) is 21.8 Å². The van der Waals surface area contributed by atoms with Crippen molar-refractivity contribution in [3.05, 3.63) is 84.9 Å². The molecule has 0 aliphatic rings. The Hall–Kier alpha value is -4.29. The van der Waals surface area contributed by atoms with Crippen LogP contribution in [0.1, 0.15) is 48.4 Å². The number of nitrogens with one attached hydrogen (secondary N) is 1. The molecule has 0 atom stereocenters. The van der Waals surface area contributed by atoms with Crippen LogP contribution >= 0.6 is 11.6 Å². The van der Waals surface area contributed by atoms with E-state index >= 15 is 0 Å². The van der Waals surface area contributed by atoms with Gasteiger partial charge in [-0.25, -0.2) is 18.4 Å². The number of aromatic nitrogens is 2. The number of halogens is 3. The van der Waals surface area contributed by atoms with Crippen LogP contribution in [0.25, 0.3) is 21.8 Å². The third-order valence-corrected chi connectivity index (χ3v) is 6.43. The Morgan fingerprint density at radius 1 is 0.814 bits per heavy atom. The predicted molar refractivity (Wildman–Crippen MR) is 165 cm³/mol. The molecule has 0 fully saturated rings. The van der Waals surface area contributed by atoms with Gasteiger partial charge in [0.05, 0.1) is 21.7 Å². The second kappa shape index (κ2) is 14.7. The number of carboxylic acids is 2. The van der Waals surface area contributed by atoms with Crippen LogP contribution in [0.5, 0.6) is 0 Å². The molecule has 0 aliphatic carbocycles. The van der Waals surface area contributed by atoms with Crippen molar-refractivity contribution in [2.24, 2.45) is 17.6 Å². The molecule has 2 aromatic carbocycles. The highest BCUT2D eigenvalue weighted by Gasteiger charge is 2.18. The number of rotatable bonds is 7. The van der Waals surface area contributed by atoms with Crippen molar-refractivity contribution >= 4 is 51.0 Å². The average molecular weight is 621 g/mol. The summed E-state index contributed by atoms with van der Waals surface area (Å²) in [6.45, 7) is 8.90. The molecule has 4 rings (SSSR count). The fraction of sp³-hybridized carbons (Fsp3) is 0.333. The van der Waals surface area contributed by atoms with E-state index in [0.29, 0.717) is 24.1 Å². The molecule has 0 saturated heterocycles. The van der Waals surface area contributed by atoms with Crippen LogP contribution in [0, 0.1) is 23.5 Å². The Bertz CT molecular complexity index is 1780. The zero-order chi connectivity index (χ0) is 32.8. The van der Waals surface area contributed by atoms with Gasteiger partial charge in [-0.05, 0) is 43.1 Å². The van der Waals surface area contributed by atoms with Gasteiger partial charge in [0.2, 0.25) is 10.9 Å². The van der Waals surface area contributed by atoms with Gasteiger partial charge < -0.3 is 30.4 Å². The second-order valence-electron chi connectivity index (χ2n) is 10.3. The largest absolute Gasteiger partial charge is 0.477 e. The molecule has 0 saturated carbocycles. The van der Waals surface area contributed by atoms with Gasteiger partial charge >= 0.3 is 11.9 Å². The van der Waals surface area contributed by atoms with Crippen molar-refractivity contribution in [2.75, 3.05) is 19.4 Å². The molecule has 0 amide bonds. The summed E-state index contributed by atoms with van der Waals surface area (Å²) >= 11 is 5.74. The molecule has 2 aromatic heterocycles. The van der Waals surface area contributed by atoms with Crippen LogP contribution in [0.15, 0.2) is 46.2 Å². The maximum Gasteiger partial charge on any atom is 0.341 e. The van der Waals surface area contributed by atoms with E-state index in [0.717, 1.165) is 12.1 Å². The smallest absolute Gasteiger partial charge is 0.341 e. The Balaban J connectivity index is 0.000000284. The van der Waals surface area contributed by atoms with Gasteiger partial charge in [0.15, 0.2) is 0 Å². The fourth-order valence-corrected chi connectivity index (χ4v) is 4.54. The summed E-state index contributed by atoms with van der Waals surface area (Å²) in [5, 5.41) is 20.9. The van der Waals surface area contributed by atoms with Crippen molar-refractivity contribution in [2.45, 2.75) is 40.8 Å². The molecular formula is C30H35ClF2N4O6. The molecular weight excluding hydrogens is 586 g/mol. The van der Waals surface area contributed by atoms with Crippen molar-refractivity contribution < 1.29 is 28.6 Å². The monoisotopic (exact) mass is 620 g/mol. The molecule has 0 unspecified atom stereocenters. The summed E-state index contributed by atoms with van der Waals surface area (Å²) < 4.78 is 30.7. The molecule has 10 nitrogen and oxygen atoms in total. The molecule has 232 valence electrons. The summed E-state index contributed by atoms with van der Waals surface area (Å²) in [5.74, 6) is -3.48. The van der Waals surface area contributed by atoms with Crippen molar-refractivity contribution in [1.82, 2.24) is 9.13 Å². The fourth-order valence-electron chi connectivity index (χ4n) is 4.38. The Morgan fingerprint density at radius 2 is 1.21 bits per heavy atom. The number of pyridine rings is 2. The number of hydrogen-bond donors (Lipinski definition) is 4. The first-order chi connectivity index (χ1) is 20.2. The van der Waals surface area contributed by atoms with Crippen LogP contribution in [0.2, 0.25) is 5.02 Å². The minimum atomic E-state index is -1.33. The van der Waals surface area contributed by atoms with Gasteiger partial charge in [-0.3, -0.25) is 9.59 Å². The van der Waals surface area contributed by atoms with Gasteiger partial charge in [0.25, 0.3) is 0 Å². The number of benzene rings is 2. The van der Waals surface area contributed by atoms with Crippen LogP contribution in [0.3, 0.4) is 0 Å². The highest BCUT2D eigenvalue weighted by atomic mass is 35.5. The van der Waals surface area contributed by atoms with Gasteiger partial charge in [-0.2, -0.15) is 0 Å². The van der Waals surface area contributed by atoms with E-state index in [2.05, 4.69) is 11.1 Å². The molecule has 2 heterocycles. The minimum absolute atomic E-state index is 0.0208. The van der Waals surface area contributed by atoms with Crippen LogP contribution in [0.4, 0.5) is 14.5 Å². The van der Waals surface area contributed by atoms with Gasteiger partial charge in [-0.15, -0.1) is 0 Å². The van der Waals surface area contributed by atoms with Crippen LogP contribution in [-0.2, 0) is 13.1 Å². The topological polar surface area (TPSA) is 157 Å². The maximum absolute atomic E-state index is 13.9. The lowest BCUT2D eigenvalue weighted by atomic mass is 10.1. The Kier molecular flexibility index (Phi) is 12.0. The number of hydrogen-bond acceptors (Lipinski definition) is 6. The number of nitrogens with zero attached hydrogens (tertiary/aromatic N) is 2. The highest BCUT2D eigenvalue weighted by Crippen LogP contribution is 2.23. The van der Waals surface area contributed by atoms with E-state index in [-0.39, 0.29) is 44.4 Å². The third-order valence-electron chi connectivity index (χ3n) is 6.15. The average Bonchev–Trinajstić information content (AvgIpc) is 2.93. The van der Waals surface area contributed by atoms with Gasteiger partial charge in [0, 0.05) is 43.3 Å². The normalized spacial score (nSPS) is 10.8. The van der Waals surface area contributed by atoms with E-state index in [1.807, 2.05) is 27.7 Å². The number of nitrogens with two attached hydrogens (primary N) is 1. The summed E-state index contributed by atoms with van der Waals surface area (Å²) in [4.78, 5) is 46.6. The van der Waals surface area contributed by atoms with E-state index in [9.17, 15) is 28.0 Å². The van der Waals surface area contributed by atoms with Crippen LogP contribution in [-0.4, -0.2) is 45.4 Å². The highest BCUT2D eigenvalue weighted by molar-refractivity contribution is 6.31. The van der Waals surface area contributed by atoms with Crippen molar-refractivity contribution in [3.8, 4) is 0 Å². The van der Waals surface area contributed by atoms with E-state index in [1.165, 1.54) is 31.6 Å². The Morgan fingerprint density at radius 3 is 1.58 bits per heavy atom. The molecule has 0 spiro atoms. The molecule has 4 aromatic rings. The van der Waals surface area contributed by atoms with Crippen molar-refractivity contribution in [3.63, 3.8) is 0 Å². The number of carboxylic acid groups (broad SMARTS) is 2. The molecule has 43 heavy (non-hydrogen) atoms. The lowest BCUT2D eigenvalue weighted by Crippen LogP contribution is -2.20. The van der Waals surface area contributed by atoms with Gasteiger partial charge in [-0.1, -0.05) is 39.3 Å². The first kappa shape index (κ1) is 34.9. The van der Waals surface area contributed by atoms with Crippen molar-refractivity contribution in [1.29, 1.82) is 0 Å². The number of fused-ring (bicyclic) bond motifs is 2. The van der Waals surface area contributed by atoms with E-state index < -0.39 is 34.4 Å². The Labute approximate surface area is 251 Å². The summed E-state index contributed by atoms with van der Waals surface area (Å²) in [6, 6.07) is 4.96. The van der Waals surface area contributed by atoms with Gasteiger partial charge in [0.1, 0.15) is 22.8 Å². The molecule has 0 aliphatic heterocycles. The molecule has 5 N–H and O–H groups in total. The summed E-state index contributed by atoms with van der Waals surface area (Å²) in [5.41, 5.74) is 3.62. The first-order valence-electron chi connectivity index (χ1n) is 13.3. The number of carbonyl (C=O) groups is 2. The standard InChI is InChI=1S/C15H17FN2O3.C14H13ClFNO3.CH5N/c1-8(2)6-18-7-10(15(20)21)14(19)9-4-11(16)12(17-3)5-13(9)18;1-7(2)5-17-6-9(14(19)20)13(18)8-3-11(16)10(15)4-12(8)17;1-2/h4-5,7-8,17H,6H2,1-3H3,(H,20,21);3-4,6-7H,5H2,1-2H3,(H,19,20);2H2,1H3. The second-order valence-corrected chi connectivity index (χ2v) is 10.7. The maximum atomic E-state index is 13.9. The molecule has 0 bridgehead atoms. The minimum Gasteiger partial charge on any atom is -0.477 e. The SMILES string of the molecule is CC(C)Cn1cc(C(=O)O)c(=O)c2cc(F)c(Cl)cc21.CN.CNc1cc2c(cc1F)c(=O)c(C(=O)O)cn2CC(C)C. The zero-order valence-electron chi connectivity index (χ0n) is 24.7. The van der Waals surface area contributed by atoms with E-state index in [1.54, 1.807) is 16.2 Å². The number of anilines is 1. The lowest BCUT2D eigenvalue weighted by molar-refractivity contribution is 0.0684.